The number of carboxylic acid groups (broad SMARTS) is 1. The molecular formula is C22H27N3O4. The molecule has 2 heterocycles. The van der Waals surface area contributed by atoms with Crippen molar-refractivity contribution in [1.29, 1.82) is 0 Å². The molecule has 7 nitrogen and oxygen atoms in total. The normalized spacial score (nSPS) is 23.8. The minimum absolute atomic E-state index is 0.346. The van der Waals surface area contributed by atoms with Gasteiger partial charge in [0.25, 0.3) is 5.56 Å². The van der Waals surface area contributed by atoms with Gasteiger partial charge in [0, 0.05) is 30.4 Å². The van der Waals surface area contributed by atoms with E-state index in [0.717, 1.165) is 30.3 Å². The van der Waals surface area contributed by atoms with Crippen molar-refractivity contribution >= 4 is 11.7 Å². The van der Waals surface area contributed by atoms with E-state index in [9.17, 15) is 14.7 Å². The first-order valence-electron chi connectivity index (χ1n) is 10.1. The molecule has 1 aliphatic carbocycles. The highest BCUT2D eigenvalue weighted by atomic mass is 16.4. The molecule has 4 rings (SSSR count). The summed E-state index contributed by atoms with van der Waals surface area (Å²) in [7, 11) is 2.05. The Morgan fingerprint density at radius 1 is 1.21 bits per heavy atom. The number of hydrogen-bond acceptors (Lipinski definition) is 5. The number of hydrogen-bond donors (Lipinski definition) is 4. The fourth-order valence-corrected chi connectivity index (χ4v) is 5.05. The molecule has 1 aromatic heterocycles. The summed E-state index contributed by atoms with van der Waals surface area (Å²) in [5, 5.41) is 22.8. The summed E-state index contributed by atoms with van der Waals surface area (Å²) in [5.41, 5.74) is 1.24. The van der Waals surface area contributed by atoms with Crippen LogP contribution in [0.2, 0.25) is 0 Å². The first-order chi connectivity index (χ1) is 13.9. The van der Waals surface area contributed by atoms with Gasteiger partial charge in [0.2, 0.25) is 0 Å². The van der Waals surface area contributed by atoms with Gasteiger partial charge in [0.05, 0.1) is 5.69 Å². The van der Waals surface area contributed by atoms with E-state index in [1.165, 1.54) is 19.3 Å². The number of fused-ring (bicyclic) bond motifs is 1. The number of benzene rings is 1. The van der Waals surface area contributed by atoms with E-state index in [4.69, 9.17) is 5.11 Å². The van der Waals surface area contributed by atoms with Gasteiger partial charge < -0.3 is 25.4 Å². The third-order valence-corrected chi connectivity index (χ3v) is 6.64. The van der Waals surface area contributed by atoms with Gasteiger partial charge in [-0.05, 0) is 56.3 Å². The van der Waals surface area contributed by atoms with E-state index in [2.05, 4.69) is 22.2 Å². The minimum Gasteiger partial charge on any atom is -0.506 e. The number of nitrogens with zero attached hydrogens (tertiary/aromatic N) is 1. The van der Waals surface area contributed by atoms with Crippen molar-refractivity contribution in [2.24, 2.45) is 11.8 Å². The molecule has 0 radical (unpaired) electrons. The molecule has 7 heteroatoms. The van der Waals surface area contributed by atoms with Crippen LogP contribution in [0, 0.1) is 18.8 Å². The highest BCUT2D eigenvalue weighted by Crippen LogP contribution is 2.39. The maximum absolute atomic E-state index is 12.1. The molecule has 1 aromatic carbocycles. The maximum Gasteiger partial charge on any atom is 0.345 e. The van der Waals surface area contributed by atoms with Gasteiger partial charge in [0.15, 0.2) is 5.56 Å². The van der Waals surface area contributed by atoms with Crippen LogP contribution in [0.5, 0.6) is 5.75 Å². The molecule has 29 heavy (non-hydrogen) atoms. The number of carbonyl (C=O) groups is 1. The third-order valence-electron chi connectivity index (χ3n) is 6.64. The van der Waals surface area contributed by atoms with Crippen molar-refractivity contribution in [2.75, 3.05) is 25.0 Å². The Balaban J connectivity index is 1.59. The summed E-state index contributed by atoms with van der Waals surface area (Å²) in [6.07, 6.45) is 3.81. The number of nitrogens with one attached hydrogen (secondary N) is 2. The zero-order chi connectivity index (χ0) is 20.7. The second-order valence-corrected chi connectivity index (χ2v) is 8.18. The van der Waals surface area contributed by atoms with Gasteiger partial charge >= 0.3 is 5.97 Å². The van der Waals surface area contributed by atoms with Gasteiger partial charge in [-0.1, -0.05) is 18.6 Å². The van der Waals surface area contributed by atoms with Gasteiger partial charge in [-0.2, -0.15) is 0 Å². The topological polar surface area (TPSA) is 106 Å². The molecule has 0 bridgehead atoms. The Kier molecular flexibility index (Phi) is 5.08. The van der Waals surface area contributed by atoms with E-state index in [-0.39, 0.29) is 0 Å². The zero-order valence-corrected chi connectivity index (χ0v) is 16.7. The molecule has 1 saturated heterocycles. The predicted octanol–water partition coefficient (Wildman–Crippen LogP) is 2.58. The van der Waals surface area contributed by atoms with Crippen LogP contribution < -0.4 is 15.8 Å². The molecule has 0 amide bonds. The monoisotopic (exact) mass is 397 g/mol. The highest BCUT2D eigenvalue weighted by Gasteiger charge is 2.39. The molecule has 1 unspecified atom stereocenters. The van der Waals surface area contributed by atoms with Crippen molar-refractivity contribution in [2.45, 2.75) is 32.2 Å². The molecular weight excluding hydrogens is 370 g/mol. The van der Waals surface area contributed by atoms with E-state index in [0.29, 0.717) is 23.2 Å². The van der Waals surface area contributed by atoms with Crippen LogP contribution in [0.25, 0.3) is 11.3 Å². The Bertz CT molecular complexity index is 983. The Labute approximate surface area is 169 Å². The number of H-pyrrole nitrogens is 1. The Hall–Kier alpha value is -2.80. The summed E-state index contributed by atoms with van der Waals surface area (Å²) in [4.78, 5) is 28.3. The zero-order valence-electron chi connectivity index (χ0n) is 16.7. The summed E-state index contributed by atoms with van der Waals surface area (Å²) in [6, 6.07) is 8.46. The smallest absolute Gasteiger partial charge is 0.345 e. The first kappa shape index (κ1) is 19.5. The number of aromatic carboxylic acids is 1. The first-order valence-corrected chi connectivity index (χ1v) is 10.1. The van der Waals surface area contributed by atoms with Crippen LogP contribution in [0.3, 0.4) is 0 Å². The largest absolute Gasteiger partial charge is 0.506 e. The number of anilines is 1. The fraction of sp³-hybridized carbons (Fsp3) is 0.455. The fourth-order valence-electron chi connectivity index (χ4n) is 5.05. The molecule has 154 valence electrons. The average molecular weight is 397 g/mol. The van der Waals surface area contributed by atoms with Crippen LogP contribution in [0.1, 0.15) is 35.2 Å². The molecule has 2 fully saturated rings. The second kappa shape index (κ2) is 7.55. The van der Waals surface area contributed by atoms with Crippen molar-refractivity contribution in [1.82, 2.24) is 10.3 Å². The third kappa shape index (κ3) is 3.40. The van der Waals surface area contributed by atoms with Crippen LogP contribution in [-0.4, -0.2) is 47.3 Å². The van der Waals surface area contributed by atoms with Crippen molar-refractivity contribution in [3.63, 3.8) is 0 Å². The van der Waals surface area contributed by atoms with Crippen LogP contribution in [0.15, 0.2) is 29.1 Å². The highest BCUT2D eigenvalue weighted by molar-refractivity contribution is 5.91. The number of rotatable bonds is 4. The Morgan fingerprint density at radius 2 is 1.93 bits per heavy atom. The van der Waals surface area contributed by atoms with E-state index in [1.54, 1.807) is 6.92 Å². The van der Waals surface area contributed by atoms with Gasteiger partial charge in [-0.3, -0.25) is 4.79 Å². The lowest BCUT2D eigenvalue weighted by Gasteiger charge is -2.32. The predicted molar refractivity (Wildman–Crippen MR) is 112 cm³/mol. The number of aromatic amines is 1. The lowest BCUT2D eigenvalue weighted by Crippen LogP contribution is -2.40. The van der Waals surface area contributed by atoms with E-state index in [1.807, 2.05) is 24.3 Å². The molecule has 2 aromatic rings. The summed E-state index contributed by atoms with van der Waals surface area (Å²) in [5.74, 6) is -0.529. The molecule has 3 atom stereocenters. The van der Waals surface area contributed by atoms with E-state index >= 15 is 0 Å². The second-order valence-electron chi connectivity index (χ2n) is 8.18. The number of pyridine rings is 1. The van der Waals surface area contributed by atoms with Gasteiger partial charge in [0.1, 0.15) is 5.75 Å². The lowest BCUT2D eigenvalue weighted by atomic mass is 9.78. The molecule has 0 spiro atoms. The molecule has 4 N–H and O–H groups in total. The van der Waals surface area contributed by atoms with E-state index < -0.39 is 22.8 Å². The molecule has 1 aliphatic heterocycles. The van der Waals surface area contributed by atoms with Crippen molar-refractivity contribution in [3.05, 3.63) is 45.7 Å². The average Bonchev–Trinajstić information content (AvgIpc) is 3.15. The van der Waals surface area contributed by atoms with Gasteiger partial charge in [-0.25, -0.2) is 4.79 Å². The Morgan fingerprint density at radius 3 is 2.59 bits per heavy atom. The van der Waals surface area contributed by atoms with Crippen LogP contribution >= 0.6 is 0 Å². The molecule has 2 aliphatic rings. The SMILES string of the molecule is CN[C@@H]1CCC[C@@H]2CN(c3ccc(-c4[nH]c(=O)c(C(=O)O)c(O)c4C)cc3)CC21. The minimum atomic E-state index is -1.44. The summed E-state index contributed by atoms with van der Waals surface area (Å²) < 4.78 is 0. The maximum atomic E-state index is 12.1. The van der Waals surface area contributed by atoms with Crippen LogP contribution in [-0.2, 0) is 0 Å². The number of carboxylic acids is 1. The number of aromatic hydroxyl groups is 1. The van der Waals surface area contributed by atoms with Crippen molar-refractivity contribution in [3.8, 4) is 17.0 Å². The summed E-state index contributed by atoms with van der Waals surface area (Å²) >= 11 is 0. The van der Waals surface area contributed by atoms with Crippen LogP contribution in [0.4, 0.5) is 5.69 Å². The standard InChI is InChI=1S/C22H27N3O4/c1-12-19(24-21(27)18(20(12)26)22(28)29)13-6-8-15(9-7-13)25-10-14-4-3-5-17(23-2)16(14)11-25/h6-9,14,16-17,23H,3-5,10-11H2,1-2H3,(H,28,29)(H2,24,26,27)/t14-,16?,17-/m1/s1. The molecule has 1 saturated carbocycles. The lowest BCUT2D eigenvalue weighted by molar-refractivity contribution is 0.0691. The quantitative estimate of drug-likeness (QED) is 0.632. The number of aromatic nitrogens is 1. The summed E-state index contributed by atoms with van der Waals surface area (Å²) in [6.45, 7) is 3.70. The van der Waals surface area contributed by atoms with Crippen molar-refractivity contribution < 1.29 is 15.0 Å². The van der Waals surface area contributed by atoms with Gasteiger partial charge in [-0.15, -0.1) is 0 Å².